The summed E-state index contributed by atoms with van der Waals surface area (Å²) in [5.74, 6) is 0. The van der Waals surface area contributed by atoms with Gasteiger partial charge in [0.25, 0.3) is 0 Å². The molecule has 1 aromatic carbocycles. The van der Waals surface area contributed by atoms with Gasteiger partial charge in [-0.25, -0.2) is 0 Å². The van der Waals surface area contributed by atoms with E-state index in [1.54, 1.807) is 0 Å². The zero-order valence-electron chi connectivity index (χ0n) is 7.27. The van der Waals surface area contributed by atoms with Crippen LogP contribution in [0.15, 0.2) is 26.8 Å². The fourth-order valence-electron chi connectivity index (χ4n) is 0.578. The lowest BCUT2D eigenvalue weighted by atomic mass is 10.4. The van der Waals surface area contributed by atoms with Crippen LogP contribution >= 0.6 is 95.6 Å². The quantitative estimate of drug-likeness (QED) is 0.223. The molecule has 0 atom stereocenters. The molecule has 80 valence electrons. The third kappa shape index (κ3) is 3.55. The first-order valence-corrected chi connectivity index (χ1v) is 8.39. The number of hydrogen-bond donors (Lipinski definition) is 0. The Morgan fingerprint density at radius 3 is 0.571 bits per heavy atom. The Bertz CT molecular complexity index is 228. The van der Waals surface area contributed by atoms with Gasteiger partial charge in [0.05, 0.1) is 0 Å². The summed E-state index contributed by atoms with van der Waals surface area (Å²) in [5, 5.41) is 0. The Morgan fingerprint density at radius 1 is 0.429 bits per heavy atom. The summed E-state index contributed by atoms with van der Waals surface area (Å²) >= 11 is 20.6. The van der Waals surface area contributed by atoms with Gasteiger partial charge in [-0.2, -0.15) is 0 Å². The molecule has 0 N–H and O–H groups in total. The minimum atomic E-state index is 0.976. The van der Waals surface area contributed by atoms with Gasteiger partial charge in [0, 0.05) is 26.8 Å². The molecule has 0 aliphatic heterocycles. The Kier molecular flexibility index (Phi) is 8.55. The molecule has 6 heteroatoms. The SMILES string of the molecule is Brc1c(Br)c(Br)c(Br)c(Br)c1Br.CC. The zero-order chi connectivity index (χ0) is 11.5. The first-order valence-electron chi connectivity index (χ1n) is 3.63. The molecule has 1 aromatic rings. The van der Waals surface area contributed by atoms with Crippen molar-refractivity contribution in [3.8, 4) is 0 Å². The van der Waals surface area contributed by atoms with Crippen LogP contribution in [-0.4, -0.2) is 0 Å². The van der Waals surface area contributed by atoms with Gasteiger partial charge in [0.2, 0.25) is 0 Å². The summed E-state index contributed by atoms with van der Waals surface area (Å²) in [7, 11) is 0. The number of benzene rings is 1. The molecule has 0 saturated heterocycles. The average Bonchev–Trinajstić information content (AvgIpc) is 2.24. The highest BCUT2D eigenvalue weighted by Gasteiger charge is 2.15. The van der Waals surface area contributed by atoms with Gasteiger partial charge < -0.3 is 0 Å². The van der Waals surface area contributed by atoms with E-state index in [2.05, 4.69) is 95.6 Å². The van der Waals surface area contributed by atoms with Crippen molar-refractivity contribution in [1.82, 2.24) is 0 Å². The van der Waals surface area contributed by atoms with Crippen molar-refractivity contribution >= 4 is 95.6 Å². The molecule has 0 bridgehead atoms. The molecular formula is C8H6Br6. The van der Waals surface area contributed by atoms with E-state index < -0.39 is 0 Å². The molecule has 0 aliphatic rings. The van der Waals surface area contributed by atoms with E-state index in [-0.39, 0.29) is 0 Å². The van der Waals surface area contributed by atoms with Gasteiger partial charge in [0.15, 0.2) is 0 Å². The maximum absolute atomic E-state index is 3.44. The summed E-state index contributed by atoms with van der Waals surface area (Å²) in [6.07, 6.45) is 0. The van der Waals surface area contributed by atoms with Crippen LogP contribution in [0.25, 0.3) is 0 Å². The average molecular weight is 582 g/mol. The molecule has 0 saturated carbocycles. The maximum atomic E-state index is 3.44. The van der Waals surface area contributed by atoms with Crippen molar-refractivity contribution < 1.29 is 0 Å². The molecule has 14 heavy (non-hydrogen) atoms. The Morgan fingerprint density at radius 2 is 0.500 bits per heavy atom. The van der Waals surface area contributed by atoms with Gasteiger partial charge in [-0.1, -0.05) is 13.8 Å². The Balaban J connectivity index is 0.000000791. The van der Waals surface area contributed by atoms with Crippen LogP contribution in [0.4, 0.5) is 0 Å². The highest BCUT2D eigenvalue weighted by molar-refractivity contribution is 9.16. The highest BCUT2D eigenvalue weighted by atomic mass is 79.9. The molecule has 0 unspecified atom stereocenters. The minimum absolute atomic E-state index is 0.976. The Labute approximate surface area is 134 Å². The van der Waals surface area contributed by atoms with E-state index in [4.69, 9.17) is 0 Å². The van der Waals surface area contributed by atoms with Crippen molar-refractivity contribution in [2.45, 2.75) is 13.8 Å². The van der Waals surface area contributed by atoms with Crippen LogP contribution in [0, 0.1) is 0 Å². The molecule has 0 fully saturated rings. The first-order chi connectivity index (χ1) is 6.46. The molecular weight excluding hydrogens is 576 g/mol. The fraction of sp³-hybridized carbons (Fsp3) is 0.250. The lowest BCUT2D eigenvalue weighted by Gasteiger charge is -2.08. The lowest BCUT2D eigenvalue weighted by molar-refractivity contribution is 1.42. The first kappa shape index (κ1) is 16.1. The van der Waals surface area contributed by atoms with Gasteiger partial charge in [-0.3, -0.25) is 0 Å². The van der Waals surface area contributed by atoms with E-state index >= 15 is 0 Å². The van der Waals surface area contributed by atoms with Crippen molar-refractivity contribution in [2.24, 2.45) is 0 Å². The molecule has 0 nitrogen and oxygen atoms in total. The molecule has 0 spiro atoms. The standard InChI is InChI=1S/C6Br6.C2H6/c7-1-2(8)4(10)6(12)5(11)3(1)9;1-2/h;1-2H3. The van der Waals surface area contributed by atoms with Crippen molar-refractivity contribution in [3.05, 3.63) is 26.8 Å². The second-order valence-corrected chi connectivity index (χ2v) is 6.64. The Hall–Kier alpha value is 2.10. The molecule has 0 aromatic heterocycles. The molecule has 0 heterocycles. The van der Waals surface area contributed by atoms with Crippen LogP contribution in [0.1, 0.15) is 13.8 Å². The van der Waals surface area contributed by atoms with Crippen LogP contribution in [0.2, 0.25) is 0 Å². The van der Waals surface area contributed by atoms with E-state index in [1.165, 1.54) is 0 Å². The largest absolute Gasteiger partial charge is 0.0683 e. The molecule has 0 aliphatic carbocycles. The van der Waals surface area contributed by atoms with Gasteiger partial charge in [0.1, 0.15) is 0 Å². The third-order valence-electron chi connectivity index (χ3n) is 1.16. The minimum Gasteiger partial charge on any atom is -0.0683 e. The van der Waals surface area contributed by atoms with Crippen LogP contribution in [0.3, 0.4) is 0 Å². The van der Waals surface area contributed by atoms with Gasteiger partial charge in [-0.05, 0) is 95.6 Å². The topological polar surface area (TPSA) is 0 Å². The van der Waals surface area contributed by atoms with Crippen LogP contribution in [-0.2, 0) is 0 Å². The number of hydrogen-bond acceptors (Lipinski definition) is 0. The van der Waals surface area contributed by atoms with E-state index in [0.717, 1.165) is 26.8 Å². The van der Waals surface area contributed by atoms with Crippen LogP contribution in [0.5, 0.6) is 0 Å². The normalized spacial score (nSPS) is 9.43. The van der Waals surface area contributed by atoms with E-state index in [1.807, 2.05) is 13.8 Å². The summed E-state index contributed by atoms with van der Waals surface area (Å²) in [6.45, 7) is 4.00. The maximum Gasteiger partial charge on any atom is 0.0483 e. The second-order valence-electron chi connectivity index (χ2n) is 1.88. The van der Waals surface area contributed by atoms with Gasteiger partial charge >= 0.3 is 0 Å². The van der Waals surface area contributed by atoms with Crippen molar-refractivity contribution in [3.63, 3.8) is 0 Å². The number of rotatable bonds is 0. The summed E-state index contributed by atoms with van der Waals surface area (Å²) < 4.78 is 5.86. The summed E-state index contributed by atoms with van der Waals surface area (Å²) in [5.41, 5.74) is 0. The third-order valence-corrected chi connectivity index (χ3v) is 9.11. The monoisotopic (exact) mass is 576 g/mol. The molecule has 0 radical (unpaired) electrons. The smallest absolute Gasteiger partial charge is 0.0483 e. The molecule has 0 amide bonds. The predicted octanol–water partition coefficient (Wildman–Crippen LogP) is 7.29. The molecule has 1 rings (SSSR count). The van der Waals surface area contributed by atoms with Crippen molar-refractivity contribution in [1.29, 1.82) is 0 Å². The van der Waals surface area contributed by atoms with Crippen molar-refractivity contribution in [2.75, 3.05) is 0 Å². The predicted molar refractivity (Wildman–Crippen MR) is 84.0 cm³/mol. The van der Waals surface area contributed by atoms with Gasteiger partial charge in [-0.15, -0.1) is 0 Å². The second kappa shape index (κ2) is 7.43. The lowest BCUT2D eigenvalue weighted by Crippen LogP contribution is -1.81. The fourth-order valence-corrected chi connectivity index (χ4v) is 4.55. The summed E-state index contributed by atoms with van der Waals surface area (Å²) in [6, 6.07) is 0. The van der Waals surface area contributed by atoms with E-state index in [9.17, 15) is 0 Å². The van der Waals surface area contributed by atoms with Crippen LogP contribution < -0.4 is 0 Å². The highest BCUT2D eigenvalue weighted by Crippen LogP contribution is 2.46. The number of halogens is 6. The van der Waals surface area contributed by atoms with E-state index in [0.29, 0.717) is 0 Å². The summed E-state index contributed by atoms with van der Waals surface area (Å²) in [4.78, 5) is 0. The zero-order valence-corrected chi connectivity index (χ0v) is 16.8.